The fraction of sp³-hybridized carbons (Fsp3) is 0.457. The molecule has 0 saturated carbocycles. The molecule has 0 radical (unpaired) electrons. The number of amides is 3. The molecule has 3 aromatic carbocycles. The summed E-state index contributed by atoms with van der Waals surface area (Å²) in [6.45, 7) is 15.4. The Morgan fingerprint density at radius 2 is 1.51 bits per heavy atom. The van der Waals surface area contributed by atoms with Crippen molar-refractivity contribution < 1.29 is 19.1 Å². The Kier molecular flexibility index (Phi) is 11.7. The Balaban J connectivity index is 2.11. The maximum absolute atomic E-state index is 14.5. The average Bonchev–Trinajstić information content (AvgIpc) is 2.92. The molecule has 0 aliphatic carbocycles. The number of fused-ring (bicyclic) bond motifs is 1. The zero-order chi connectivity index (χ0) is 31.9. The largest absolute Gasteiger partial charge is 0.444 e. The van der Waals surface area contributed by atoms with E-state index < -0.39 is 29.7 Å². The monoisotopic (exact) mass is 605 g/mol. The molecule has 3 aromatic rings. The molecule has 0 spiro atoms. The number of nitrogens with zero attached hydrogens (tertiary/aromatic N) is 1. The Morgan fingerprint density at radius 3 is 2.09 bits per heavy atom. The molecule has 2 N–H and O–H groups in total. The summed E-state index contributed by atoms with van der Waals surface area (Å²) >= 11 is 4.43. The molecule has 0 aliphatic heterocycles. The summed E-state index contributed by atoms with van der Waals surface area (Å²) < 4.78 is 5.45. The average molecular weight is 606 g/mol. The van der Waals surface area contributed by atoms with Gasteiger partial charge in [0.15, 0.2) is 0 Å². The van der Waals surface area contributed by atoms with Crippen LogP contribution in [-0.4, -0.2) is 46.2 Å². The minimum Gasteiger partial charge on any atom is -0.444 e. The van der Waals surface area contributed by atoms with E-state index in [-0.39, 0.29) is 17.7 Å². The number of rotatable bonds is 11. The quantitative estimate of drug-likeness (QED) is 0.196. The molecular formula is C35H47N3O4S. The van der Waals surface area contributed by atoms with Gasteiger partial charge in [-0.05, 0) is 99.9 Å². The van der Waals surface area contributed by atoms with Crippen molar-refractivity contribution >= 4 is 47.0 Å². The number of aryl methyl sites for hydroxylation is 2. The molecule has 0 aliphatic rings. The van der Waals surface area contributed by atoms with E-state index in [1.807, 2.05) is 81.4 Å². The van der Waals surface area contributed by atoms with E-state index in [0.29, 0.717) is 18.0 Å². The number of carbonyl (C=O) groups excluding carboxylic acids is 3. The minimum absolute atomic E-state index is 0.0389. The third-order valence-corrected chi connectivity index (χ3v) is 7.79. The lowest BCUT2D eigenvalue weighted by Crippen LogP contribution is -2.56. The Morgan fingerprint density at radius 1 is 0.884 bits per heavy atom. The van der Waals surface area contributed by atoms with Crippen LogP contribution in [0, 0.1) is 19.8 Å². The van der Waals surface area contributed by atoms with Gasteiger partial charge in [-0.25, -0.2) is 4.79 Å². The molecule has 0 bridgehead atoms. The Hall–Kier alpha value is -3.52. The molecule has 8 heteroatoms. The lowest BCUT2D eigenvalue weighted by Gasteiger charge is -2.39. The smallest absolute Gasteiger partial charge is 0.408 e. The summed E-state index contributed by atoms with van der Waals surface area (Å²) in [6.07, 6.45) is 0.834. The minimum atomic E-state index is -1.00. The third-order valence-electron chi connectivity index (χ3n) is 7.42. The highest BCUT2D eigenvalue weighted by Gasteiger charge is 2.39. The van der Waals surface area contributed by atoms with Crippen LogP contribution in [0.4, 0.5) is 10.5 Å². The number of hydrogen-bond acceptors (Lipinski definition) is 5. The maximum Gasteiger partial charge on any atom is 0.408 e. The van der Waals surface area contributed by atoms with E-state index in [9.17, 15) is 14.4 Å². The molecule has 0 saturated heterocycles. The maximum atomic E-state index is 14.5. The van der Waals surface area contributed by atoms with Crippen LogP contribution in [0.3, 0.4) is 0 Å². The number of hydrogen-bond donors (Lipinski definition) is 3. The molecule has 3 atom stereocenters. The second-order valence-corrected chi connectivity index (χ2v) is 13.1. The van der Waals surface area contributed by atoms with Gasteiger partial charge in [-0.2, -0.15) is 12.6 Å². The van der Waals surface area contributed by atoms with Gasteiger partial charge in [-0.15, -0.1) is 0 Å². The van der Waals surface area contributed by atoms with E-state index in [1.165, 1.54) is 0 Å². The van der Waals surface area contributed by atoms with Gasteiger partial charge in [0.2, 0.25) is 5.91 Å². The van der Waals surface area contributed by atoms with Crippen LogP contribution in [0.25, 0.3) is 10.8 Å². The first-order valence-corrected chi connectivity index (χ1v) is 15.6. The lowest BCUT2D eigenvalue weighted by atomic mass is 9.91. The van der Waals surface area contributed by atoms with E-state index in [4.69, 9.17) is 4.74 Å². The molecule has 0 heterocycles. The number of benzene rings is 3. The van der Waals surface area contributed by atoms with Gasteiger partial charge in [0.1, 0.15) is 17.7 Å². The van der Waals surface area contributed by atoms with Crippen molar-refractivity contribution in [1.82, 2.24) is 10.2 Å². The third kappa shape index (κ3) is 9.23. The van der Waals surface area contributed by atoms with E-state index in [0.717, 1.165) is 33.9 Å². The molecule has 3 unspecified atom stereocenters. The molecule has 232 valence electrons. The molecule has 0 aromatic heterocycles. The summed E-state index contributed by atoms with van der Waals surface area (Å²) in [7, 11) is 0. The first-order valence-electron chi connectivity index (χ1n) is 15.0. The standard InChI is InChI=1S/C35H47N3O4S/c1-22(2)16-17-25(5)38(33(40)29(21-43)37-34(41)42-35(6,7)8)31(30-23(3)12-11-13-24(30)4)32(39)36-28-19-18-26-14-9-10-15-27(26)20-28/h9-15,18-20,22,25,29,31,43H,16-17,21H2,1-8H3,(H,36,39)(H,37,41). The number of thiol groups is 1. The molecule has 43 heavy (non-hydrogen) atoms. The van der Waals surface area contributed by atoms with Gasteiger partial charge in [0.25, 0.3) is 5.91 Å². The fourth-order valence-corrected chi connectivity index (χ4v) is 5.51. The van der Waals surface area contributed by atoms with E-state index >= 15 is 0 Å². The Bertz CT molecular complexity index is 1410. The van der Waals surface area contributed by atoms with Crippen molar-refractivity contribution in [2.75, 3.05) is 11.1 Å². The van der Waals surface area contributed by atoms with Crippen LogP contribution >= 0.6 is 12.6 Å². The van der Waals surface area contributed by atoms with Crippen LogP contribution < -0.4 is 10.6 Å². The number of alkyl carbamates (subject to hydrolysis) is 1. The van der Waals surface area contributed by atoms with Crippen LogP contribution in [-0.2, 0) is 14.3 Å². The van der Waals surface area contributed by atoms with Crippen LogP contribution in [0.5, 0.6) is 0 Å². The van der Waals surface area contributed by atoms with Crippen molar-refractivity contribution in [2.45, 2.75) is 92.0 Å². The summed E-state index contributed by atoms with van der Waals surface area (Å²) in [5, 5.41) is 7.88. The topological polar surface area (TPSA) is 87.7 Å². The SMILES string of the molecule is Cc1cccc(C)c1C(C(=O)Nc1ccc2ccccc2c1)N(C(=O)C(CS)NC(=O)OC(C)(C)C)C(C)CCC(C)C. The van der Waals surface area contributed by atoms with Gasteiger partial charge >= 0.3 is 6.09 Å². The van der Waals surface area contributed by atoms with Crippen LogP contribution in [0.15, 0.2) is 60.7 Å². The van der Waals surface area contributed by atoms with Crippen molar-refractivity contribution in [3.63, 3.8) is 0 Å². The highest BCUT2D eigenvalue weighted by atomic mass is 32.1. The van der Waals surface area contributed by atoms with Crippen molar-refractivity contribution in [1.29, 1.82) is 0 Å². The molecular weight excluding hydrogens is 558 g/mol. The molecule has 3 rings (SSSR count). The number of ether oxygens (including phenoxy) is 1. The summed E-state index contributed by atoms with van der Waals surface area (Å²) in [5.41, 5.74) is 2.46. The molecule has 3 amide bonds. The molecule has 7 nitrogen and oxygen atoms in total. The first kappa shape index (κ1) is 34.0. The number of anilines is 1. The summed E-state index contributed by atoms with van der Waals surface area (Å²) in [6, 6.07) is 17.3. The number of nitrogens with one attached hydrogen (secondary N) is 2. The summed E-state index contributed by atoms with van der Waals surface area (Å²) in [4.78, 5) is 43.3. The lowest BCUT2D eigenvalue weighted by molar-refractivity contribution is -0.143. The number of carbonyl (C=O) groups is 3. The van der Waals surface area contributed by atoms with Gasteiger partial charge in [-0.1, -0.05) is 62.4 Å². The second kappa shape index (κ2) is 14.8. The second-order valence-electron chi connectivity index (χ2n) is 12.7. The van der Waals surface area contributed by atoms with Crippen molar-refractivity contribution in [2.24, 2.45) is 5.92 Å². The normalized spacial score (nSPS) is 13.7. The van der Waals surface area contributed by atoms with Crippen molar-refractivity contribution in [3.8, 4) is 0 Å². The van der Waals surface area contributed by atoms with E-state index in [2.05, 4.69) is 37.1 Å². The van der Waals surface area contributed by atoms with Gasteiger partial charge in [0, 0.05) is 17.5 Å². The van der Waals surface area contributed by atoms with Gasteiger partial charge in [0.05, 0.1) is 0 Å². The first-order chi connectivity index (χ1) is 20.2. The highest BCUT2D eigenvalue weighted by Crippen LogP contribution is 2.33. The van der Waals surface area contributed by atoms with Crippen LogP contribution in [0.2, 0.25) is 0 Å². The van der Waals surface area contributed by atoms with Gasteiger partial charge in [-0.3, -0.25) is 9.59 Å². The predicted molar refractivity (Wildman–Crippen MR) is 179 cm³/mol. The molecule has 0 fully saturated rings. The zero-order valence-corrected chi connectivity index (χ0v) is 27.6. The van der Waals surface area contributed by atoms with Gasteiger partial charge < -0.3 is 20.3 Å². The fourth-order valence-electron chi connectivity index (χ4n) is 5.26. The summed E-state index contributed by atoms with van der Waals surface area (Å²) in [5.74, 6) is -0.270. The van der Waals surface area contributed by atoms with Crippen LogP contribution in [0.1, 0.15) is 77.1 Å². The highest BCUT2D eigenvalue weighted by molar-refractivity contribution is 7.80. The van der Waals surface area contributed by atoms with E-state index in [1.54, 1.807) is 25.7 Å². The Labute approximate surface area is 262 Å². The predicted octanol–water partition coefficient (Wildman–Crippen LogP) is 7.61. The van der Waals surface area contributed by atoms with Crippen molar-refractivity contribution in [3.05, 3.63) is 77.4 Å². The zero-order valence-electron chi connectivity index (χ0n) is 26.7.